The number of anilines is 1. The summed E-state index contributed by atoms with van der Waals surface area (Å²) in [6, 6.07) is 15.2. The lowest BCUT2D eigenvalue weighted by Crippen LogP contribution is -2.37. The van der Waals surface area contributed by atoms with Crippen LogP contribution in [-0.2, 0) is 11.3 Å². The molecule has 2 aromatic rings. The first-order valence-electron chi connectivity index (χ1n) is 8.41. The van der Waals surface area contributed by atoms with Crippen molar-refractivity contribution in [2.45, 2.75) is 19.2 Å². The van der Waals surface area contributed by atoms with Crippen LogP contribution in [0.1, 0.15) is 23.8 Å². The minimum absolute atomic E-state index is 0.0921. The van der Waals surface area contributed by atoms with E-state index in [-0.39, 0.29) is 16.8 Å². The van der Waals surface area contributed by atoms with E-state index in [0.29, 0.717) is 6.61 Å². The Morgan fingerprint density at radius 1 is 1.24 bits per heavy atom. The molecular formula is C19H23N3O3. The van der Waals surface area contributed by atoms with Crippen LogP contribution in [0, 0.1) is 10.1 Å². The number of ether oxygens (including phenoxy) is 1. The van der Waals surface area contributed by atoms with Crippen LogP contribution in [0.15, 0.2) is 48.5 Å². The molecule has 0 saturated carbocycles. The summed E-state index contributed by atoms with van der Waals surface area (Å²) in [5.41, 5.74) is 3.08. The van der Waals surface area contributed by atoms with Crippen molar-refractivity contribution in [3.63, 3.8) is 0 Å². The Morgan fingerprint density at radius 3 is 2.68 bits per heavy atom. The van der Waals surface area contributed by atoms with Gasteiger partial charge < -0.3 is 9.64 Å². The van der Waals surface area contributed by atoms with Gasteiger partial charge in [-0.05, 0) is 18.1 Å². The zero-order chi connectivity index (χ0) is 17.8. The number of nitro benzene ring substituents is 1. The molecule has 1 heterocycles. The molecule has 132 valence electrons. The topological polar surface area (TPSA) is 58.9 Å². The monoisotopic (exact) mass is 341 g/mol. The molecule has 6 nitrogen and oxygen atoms in total. The van der Waals surface area contributed by atoms with Gasteiger partial charge >= 0.3 is 0 Å². The Balaban J connectivity index is 1.96. The van der Waals surface area contributed by atoms with E-state index in [2.05, 4.69) is 17.0 Å². The smallest absolute Gasteiger partial charge is 0.270 e. The first-order valence-corrected chi connectivity index (χ1v) is 8.41. The van der Waals surface area contributed by atoms with E-state index in [1.807, 2.05) is 37.2 Å². The fraction of sp³-hybridized carbons (Fsp3) is 0.368. The highest BCUT2D eigenvalue weighted by Crippen LogP contribution is 2.36. The molecule has 25 heavy (non-hydrogen) atoms. The lowest BCUT2D eigenvalue weighted by molar-refractivity contribution is -0.385. The summed E-state index contributed by atoms with van der Waals surface area (Å²) in [6.45, 7) is 2.31. The van der Waals surface area contributed by atoms with E-state index in [9.17, 15) is 10.1 Å². The van der Waals surface area contributed by atoms with Gasteiger partial charge in [-0.1, -0.05) is 30.3 Å². The Labute approximate surface area is 147 Å². The second kappa shape index (κ2) is 7.63. The maximum Gasteiger partial charge on any atom is 0.270 e. The molecule has 0 spiro atoms. The van der Waals surface area contributed by atoms with Crippen molar-refractivity contribution in [3.8, 4) is 0 Å². The minimum atomic E-state index is -0.354. The van der Waals surface area contributed by atoms with Gasteiger partial charge in [-0.25, -0.2) is 0 Å². The van der Waals surface area contributed by atoms with Gasteiger partial charge in [0, 0.05) is 50.6 Å². The van der Waals surface area contributed by atoms with Crippen molar-refractivity contribution in [2.75, 3.05) is 32.1 Å². The summed E-state index contributed by atoms with van der Waals surface area (Å²) in [7, 11) is 3.88. The van der Waals surface area contributed by atoms with Gasteiger partial charge in [0.25, 0.3) is 5.69 Å². The molecule has 1 aliphatic heterocycles. The minimum Gasteiger partial charge on any atom is -0.377 e. The molecule has 0 aromatic heterocycles. The Bertz CT molecular complexity index is 734. The van der Waals surface area contributed by atoms with Gasteiger partial charge in [0.2, 0.25) is 0 Å². The van der Waals surface area contributed by atoms with Crippen LogP contribution in [0.5, 0.6) is 0 Å². The number of benzene rings is 2. The first-order chi connectivity index (χ1) is 12.1. The maximum absolute atomic E-state index is 11.2. The average molecular weight is 341 g/mol. The third-order valence-corrected chi connectivity index (χ3v) is 4.40. The number of nitrogens with zero attached hydrogens (tertiary/aromatic N) is 3. The normalized spacial score (nSPS) is 18.1. The van der Waals surface area contributed by atoms with Crippen molar-refractivity contribution in [3.05, 3.63) is 69.8 Å². The van der Waals surface area contributed by atoms with Gasteiger partial charge in [0.15, 0.2) is 0 Å². The molecule has 0 amide bonds. The highest BCUT2D eigenvalue weighted by Gasteiger charge is 2.29. The van der Waals surface area contributed by atoms with Crippen LogP contribution in [-0.4, -0.2) is 37.1 Å². The molecule has 1 aliphatic rings. The van der Waals surface area contributed by atoms with Crippen LogP contribution < -0.4 is 4.90 Å². The van der Waals surface area contributed by atoms with Gasteiger partial charge in [0.1, 0.15) is 6.23 Å². The number of rotatable bonds is 5. The Hall–Kier alpha value is -2.44. The second-order valence-electron chi connectivity index (χ2n) is 6.43. The van der Waals surface area contributed by atoms with Gasteiger partial charge in [-0.2, -0.15) is 0 Å². The molecule has 6 heteroatoms. The summed E-state index contributed by atoms with van der Waals surface area (Å²) in [5, 5.41) is 11.2. The summed E-state index contributed by atoms with van der Waals surface area (Å²) in [6.07, 6.45) is 0.668. The summed E-state index contributed by atoms with van der Waals surface area (Å²) < 4.78 is 6.05. The van der Waals surface area contributed by atoms with Crippen molar-refractivity contribution < 1.29 is 9.66 Å². The maximum atomic E-state index is 11.2. The summed E-state index contributed by atoms with van der Waals surface area (Å²) in [5.74, 6) is 0. The van der Waals surface area contributed by atoms with E-state index in [4.69, 9.17) is 4.74 Å². The summed E-state index contributed by atoms with van der Waals surface area (Å²) >= 11 is 0. The van der Waals surface area contributed by atoms with E-state index in [1.165, 1.54) is 5.56 Å². The zero-order valence-electron chi connectivity index (χ0n) is 14.6. The first kappa shape index (κ1) is 17.4. The molecular weight excluding hydrogens is 318 g/mol. The molecule has 1 atom stereocenters. The van der Waals surface area contributed by atoms with Crippen LogP contribution in [0.3, 0.4) is 0 Å². The fourth-order valence-corrected chi connectivity index (χ4v) is 3.21. The molecule has 0 unspecified atom stereocenters. The second-order valence-corrected chi connectivity index (χ2v) is 6.43. The SMILES string of the molecule is CN(C)c1ccc([N+](=O)[O-])cc1[C@@H]1OCCCN1Cc1ccccc1. The van der Waals surface area contributed by atoms with E-state index in [1.54, 1.807) is 18.2 Å². The van der Waals surface area contributed by atoms with Gasteiger partial charge in [-0.15, -0.1) is 0 Å². The molecule has 2 aromatic carbocycles. The Morgan fingerprint density at radius 2 is 2.00 bits per heavy atom. The predicted octanol–water partition coefficient (Wildman–Crippen LogP) is 3.58. The highest BCUT2D eigenvalue weighted by atomic mass is 16.6. The van der Waals surface area contributed by atoms with Crippen LogP contribution in [0.25, 0.3) is 0 Å². The van der Waals surface area contributed by atoms with E-state index >= 15 is 0 Å². The van der Waals surface area contributed by atoms with Crippen molar-refractivity contribution >= 4 is 11.4 Å². The number of nitro groups is 1. The average Bonchev–Trinajstić information content (AvgIpc) is 2.62. The lowest BCUT2D eigenvalue weighted by Gasteiger charge is -2.37. The zero-order valence-corrected chi connectivity index (χ0v) is 14.6. The molecule has 0 bridgehead atoms. The molecule has 0 N–H and O–H groups in total. The molecule has 0 aliphatic carbocycles. The largest absolute Gasteiger partial charge is 0.377 e. The molecule has 1 saturated heterocycles. The molecule has 3 rings (SSSR count). The van der Waals surface area contributed by atoms with Crippen molar-refractivity contribution in [2.24, 2.45) is 0 Å². The van der Waals surface area contributed by atoms with Crippen molar-refractivity contribution in [1.29, 1.82) is 0 Å². The van der Waals surface area contributed by atoms with Crippen LogP contribution >= 0.6 is 0 Å². The fourth-order valence-electron chi connectivity index (χ4n) is 3.21. The summed E-state index contributed by atoms with van der Waals surface area (Å²) in [4.78, 5) is 15.1. The van der Waals surface area contributed by atoms with E-state index in [0.717, 1.165) is 30.8 Å². The van der Waals surface area contributed by atoms with E-state index < -0.39 is 0 Å². The standard InChI is InChI=1S/C19H23N3O3/c1-20(2)18-10-9-16(22(23)24)13-17(18)19-21(11-6-12-25-19)14-15-7-4-3-5-8-15/h3-5,7-10,13,19H,6,11-12,14H2,1-2H3/t19-/m0/s1. The highest BCUT2D eigenvalue weighted by molar-refractivity contribution is 5.58. The number of non-ortho nitro benzene ring substituents is 1. The number of hydrogen-bond donors (Lipinski definition) is 0. The quantitative estimate of drug-likeness (QED) is 0.614. The Kier molecular flexibility index (Phi) is 5.31. The third-order valence-electron chi connectivity index (χ3n) is 4.40. The number of hydrogen-bond acceptors (Lipinski definition) is 5. The third kappa shape index (κ3) is 3.97. The lowest BCUT2D eigenvalue weighted by atomic mass is 10.1. The van der Waals surface area contributed by atoms with Crippen molar-refractivity contribution in [1.82, 2.24) is 4.90 Å². The molecule has 0 radical (unpaired) electrons. The molecule has 1 fully saturated rings. The van der Waals surface area contributed by atoms with Gasteiger partial charge in [-0.3, -0.25) is 15.0 Å². The van der Waals surface area contributed by atoms with Gasteiger partial charge in [0.05, 0.1) is 11.5 Å². The predicted molar refractivity (Wildman–Crippen MR) is 97.6 cm³/mol. The van der Waals surface area contributed by atoms with Crippen LogP contribution in [0.2, 0.25) is 0 Å². The van der Waals surface area contributed by atoms with Crippen LogP contribution in [0.4, 0.5) is 11.4 Å².